The van der Waals surface area contributed by atoms with Gasteiger partial charge in [-0.05, 0) is 58.2 Å². The molecule has 0 amide bonds. The van der Waals surface area contributed by atoms with Gasteiger partial charge in [0.25, 0.3) is 0 Å². The van der Waals surface area contributed by atoms with Crippen molar-refractivity contribution in [2.45, 2.75) is 39.3 Å². The predicted molar refractivity (Wildman–Crippen MR) is 105 cm³/mol. The van der Waals surface area contributed by atoms with Crippen LogP contribution >= 0.6 is 31.9 Å². The van der Waals surface area contributed by atoms with Crippen LogP contribution in [0.5, 0.6) is 0 Å². The molecule has 5 nitrogen and oxygen atoms in total. The van der Waals surface area contributed by atoms with Crippen LogP contribution < -0.4 is 10.2 Å². The van der Waals surface area contributed by atoms with Crippen molar-refractivity contribution in [1.29, 1.82) is 0 Å². The number of imidazole rings is 1. The van der Waals surface area contributed by atoms with Crippen LogP contribution in [0.4, 0.5) is 5.95 Å². The van der Waals surface area contributed by atoms with Gasteiger partial charge in [0.15, 0.2) is 6.29 Å². The molecule has 7 heteroatoms. The smallest absolute Gasteiger partial charge is 0.207 e. The summed E-state index contributed by atoms with van der Waals surface area (Å²) in [6, 6.07) is 2.72. The van der Waals surface area contributed by atoms with Gasteiger partial charge in [-0.2, -0.15) is 0 Å². The molecule has 1 fully saturated rings. The van der Waals surface area contributed by atoms with E-state index in [1.165, 1.54) is 0 Å². The number of carbonyl (C=O) groups is 1. The summed E-state index contributed by atoms with van der Waals surface area (Å²) >= 11 is 7.05. The Morgan fingerprint density at radius 2 is 2.21 bits per heavy atom. The SMILES string of the molecule is CC[C@H]1CNCCN1c1nc2c(C=O)c(Br)c(Br)cc2n1C(C)C. The summed E-state index contributed by atoms with van der Waals surface area (Å²) in [6.45, 7) is 9.36. The monoisotopic (exact) mass is 456 g/mol. The number of carbonyl (C=O) groups excluding carboxylic acids is 1. The molecule has 0 radical (unpaired) electrons. The molecular weight excluding hydrogens is 436 g/mol. The maximum atomic E-state index is 11.7. The van der Waals surface area contributed by atoms with Crippen LogP contribution in [-0.4, -0.2) is 41.5 Å². The molecule has 0 saturated carbocycles. The van der Waals surface area contributed by atoms with Crippen LogP contribution in [0.2, 0.25) is 0 Å². The van der Waals surface area contributed by atoms with Gasteiger partial charge in [0.1, 0.15) is 5.52 Å². The van der Waals surface area contributed by atoms with Crippen LogP contribution in [0.3, 0.4) is 0 Å². The van der Waals surface area contributed by atoms with E-state index in [4.69, 9.17) is 4.98 Å². The molecule has 1 aromatic heterocycles. The zero-order valence-electron chi connectivity index (χ0n) is 14.1. The quantitative estimate of drug-likeness (QED) is 0.701. The first-order valence-corrected chi connectivity index (χ1v) is 9.90. The van der Waals surface area contributed by atoms with E-state index in [0.717, 1.165) is 58.3 Å². The number of anilines is 1. The number of fused-ring (bicyclic) bond motifs is 1. The Hall–Kier alpha value is -0.920. The fourth-order valence-corrected chi connectivity index (χ4v) is 4.22. The summed E-state index contributed by atoms with van der Waals surface area (Å²) in [6.07, 6.45) is 1.94. The van der Waals surface area contributed by atoms with Crippen molar-refractivity contribution in [1.82, 2.24) is 14.9 Å². The summed E-state index contributed by atoms with van der Waals surface area (Å²) in [4.78, 5) is 18.9. The second kappa shape index (κ2) is 7.14. The van der Waals surface area contributed by atoms with E-state index >= 15 is 0 Å². The molecular formula is C17H22Br2N4O. The fraction of sp³-hybridized carbons (Fsp3) is 0.529. The van der Waals surface area contributed by atoms with E-state index in [0.29, 0.717) is 11.6 Å². The van der Waals surface area contributed by atoms with Crippen molar-refractivity contribution < 1.29 is 4.79 Å². The number of benzene rings is 1. The van der Waals surface area contributed by atoms with Gasteiger partial charge in [-0.3, -0.25) is 4.79 Å². The highest BCUT2D eigenvalue weighted by Gasteiger charge is 2.28. The Bertz CT molecular complexity index is 772. The van der Waals surface area contributed by atoms with Crippen LogP contribution in [0.1, 0.15) is 43.6 Å². The number of nitrogens with one attached hydrogen (secondary N) is 1. The number of halogens is 2. The third-order valence-electron chi connectivity index (χ3n) is 4.61. The van der Waals surface area contributed by atoms with E-state index < -0.39 is 0 Å². The lowest BCUT2D eigenvalue weighted by atomic mass is 10.1. The van der Waals surface area contributed by atoms with Gasteiger partial charge >= 0.3 is 0 Å². The van der Waals surface area contributed by atoms with E-state index in [1.54, 1.807) is 0 Å². The van der Waals surface area contributed by atoms with Crippen molar-refractivity contribution >= 4 is 55.1 Å². The summed E-state index contributed by atoms with van der Waals surface area (Å²) in [5.41, 5.74) is 2.35. The average molecular weight is 458 g/mol. The Kier molecular flexibility index (Phi) is 5.32. The Morgan fingerprint density at radius 1 is 1.46 bits per heavy atom. The first-order valence-electron chi connectivity index (χ1n) is 8.32. The predicted octanol–water partition coefficient (Wildman–Crippen LogP) is 4.14. The maximum absolute atomic E-state index is 11.7. The highest BCUT2D eigenvalue weighted by molar-refractivity contribution is 9.13. The summed E-state index contributed by atoms with van der Waals surface area (Å²) < 4.78 is 3.88. The normalized spacial score (nSPS) is 18.6. The number of aldehydes is 1. The largest absolute Gasteiger partial charge is 0.337 e. The molecule has 130 valence electrons. The molecule has 1 saturated heterocycles. The number of rotatable bonds is 4. The van der Waals surface area contributed by atoms with Crippen molar-refractivity contribution in [3.63, 3.8) is 0 Å². The Labute approximate surface area is 159 Å². The molecule has 1 N–H and O–H groups in total. The second-order valence-electron chi connectivity index (χ2n) is 6.41. The lowest BCUT2D eigenvalue weighted by molar-refractivity contribution is 0.112. The molecule has 2 heterocycles. The molecule has 2 aromatic rings. The van der Waals surface area contributed by atoms with E-state index in [9.17, 15) is 4.79 Å². The van der Waals surface area contributed by atoms with Gasteiger partial charge < -0.3 is 14.8 Å². The maximum Gasteiger partial charge on any atom is 0.207 e. The molecule has 3 rings (SSSR count). The molecule has 1 aliphatic heterocycles. The molecule has 0 spiro atoms. The van der Waals surface area contributed by atoms with Gasteiger partial charge in [0.05, 0.1) is 11.1 Å². The second-order valence-corrected chi connectivity index (χ2v) is 8.05. The molecule has 0 unspecified atom stereocenters. The van der Waals surface area contributed by atoms with Crippen molar-refractivity contribution in [2.24, 2.45) is 0 Å². The van der Waals surface area contributed by atoms with Crippen LogP contribution in [0, 0.1) is 0 Å². The zero-order chi connectivity index (χ0) is 17.4. The summed E-state index contributed by atoms with van der Waals surface area (Å²) in [7, 11) is 0. The third-order valence-corrected chi connectivity index (χ3v) is 6.62. The standard InChI is InChI=1S/C17H22Br2N4O/c1-4-11-8-20-5-6-22(11)17-21-16-12(9-24)15(19)13(18)7-14(16)23(17)10(2)3/h7,9-11,20H,4-6,8H2,1-3H3/t11-/m0/s1. The van der Waals surface area contributed by atoms with E-state index in [2.05, 4.69) is 67.4 Å². The highest BCUT2D eigenvalue weighted by atomic mass is 79.9. The molecule has 1 aromatic carbocycles. The Balaban J connectivity index is 2.28. The van der Waals surface area contributed by atoms with Gasteiger partial charge in [0, 0.05) is 40.7 Å². The number of hydrogen-bond acceptors (Lipinski definition) is 4. The minimum Gasteiger partial charge on any atom is -0.337 e. The lowest BCUT2D eigenvalue weighted by Gasteiger charge is -2.37. The molecule has 0 bridgehead atoms. The van der Waals surface area contributed by atoms with Crippen LogP contribution in [0.25, 0.3) is 11.0 Å². The van der Waals surface area contributed by atoms with Gasteiger partial charge in [-0.25, -0.2) is 4.98 Å². The van der Waals surface area contributed by atoms with Crippen molar-refractivity contribution in [2.75, 3.05) is 24.5 Å². The zero-order valence-corrected chi connectivity index (χ0v) is 17.3. The van der Waals surface area contributed by atoms with E-state index in [-0.39, 0.29) is 6.04 Å². The van der Waals surface area contributed by atoms with Crippen LogP contribution in [-0.2, 0) is 0 Å². The van der Waals surface area contributed by atoms with Gasteiger partial charge in [-0.1, -0.05) is 6.92 Å². The number of nitrogens with zero attached hydrogens (tertiary/aromatic N) is 3. The minimum absolute atomic E-state index is 0.255. The number of hydrogen-bond donors (Lipinski definition) is 1. The average Bonchev–Trinajstić information content (AvgIpc) is 2.94. The van der Waals surface area contributed by atoms with E-state index in [1.807, 2.05) is 6.07 Å². The van der Waals surface area contributed by atoms with Gasteiger partial charge in [-0.15, -0.1) is 0 Å². The minimum atomic E-state index is 0.255. The Morgan fingerprint density at radius 3 is 2.83 bits per heavy atom. The number of piperazine rings is 1. The summed E-state index contributed by atoms with van der Waals surface area (Å²) in [5.74, 6) is 0.960. The van der Waals surface area contributed by atoms with Crippen LogP contribution in [0.15, 0.2) is 15.0 Å². The van der Waals surface area contributed by atoms with Crippen molar-refractivity contribution in [3.05, 3.63) is 20.6 Å². The van der Waals surface area contributed by atoms with Gasteiger partial charge in [0.2, 0.25) is 5.95 Å². The topological polar surface area (TPSA) is 50.2 Å². The van der Waals surface area contributed by atoms with Crippen molar-refractivity contribution in [3.8, 4) is 0 Å². The lowest BCUT2D eigenvalue weighted by Crippen LogP contribution is -2.52. The molecule has 0 aliphatic carbocycles. The fourth-order valence-electron chi connectivity index (χ4n) is 3.39. The molecule has 24 heavy (non-hydrogen) atoms. The molecule has 1 atom stereocenters. The first-order chi connectivity index (χ1) is 11.5. The molecule has 1 aliphatic rings. The summed E-state index contributed by atoms with van der Waals surface area (Å²) in [5, 5.41) is 3.46. The highest BCUT2D eigenvalue weighted by Crippen LogP contribution is 2.37. The third kappa shape index (κ3) is 2.91. The number of aromatic nitrogens is 2. The first kappa shape index (κ1) is 17.9.